The van der Waals surface area contributed by atoms with Gasteiger partial charge in [0.2, 0.25) is 0 Å². The average Bonchev–Trinajstić information content (AvgIpc) is 2.88. The molecule has 136 valence electrons. The second-order valence-electron chi connectivity index (χ2n) is 6.84. The van der Waals surface area contributed by atoms with E-state index in [2.05, 4.69) is 65.5 Å². The molecule has 0 aromatic carbocycles. The first kappa shape index (κ1) is 19.2. The zero-order valence-corrected chi connectivity index (χ0v) is 16.7. The van der Waals surface area contributed by atoms with Gasteiger partial charge in [0.15, 0.2) is 5.96 Å². The highest BCUT2D eigenvalue weighted by atomic mass is 32.2. The number of thioether (sulfide) groups is 1. The Bertz CT molecular complexity index is 538. The van der Waals surface area contributed by atoms with Crippen LogP contribution in [0.2, 0.25) is 0 Å². The van der Waals surface area contributed by atoms with Gasteiger partial charge in [-0.05, 0) is 39.2 Å². The largest absolute Gasteiger partial charge is 0.357 e. The fourth-order valence-corrected chi connectivity index (χ4v) is 4.30. The average molecular weight is 352 g/mol. The Morgan fingerprint density at radius 3 is 2.88 bits per heavy atom. The maximum atomic E-state index is 4.86. The van der Waals surface area contributed by atoms with Gasteiger partial charge in [-0.25, -0.2) is 0 Å². The molecule has 0 amide bonds. The van der Waals surface area contributed by atoms with Crippen LogP contribution >= 0.6 is 11.8 Å². The molecule has 0 aliphatic carbocycles. The van der Waals surface area contributed by atoms with E-state index in [-0.39, 0.29) is 0 Å². The minimum absolute atomic E-state index is 0.706. The number of aromatic nitrogens is 2. The molecule has 6 heteroatoms. The summed E-state index contributed by atoms with van der Waals surface area (Å²) in [6, 6.07) is 2.13. The fourth-order valence-electron chi connectivity index (χ4n) is 3.00. The molecule has 1 aromatic heterocycles. The Balaban J connectivity index is 1.89. The number of aryl methyl sites for hydroxylation is 3. The van der Waals surface area contributed by atoms with Crippen LogP contribution in [0.3, 0.4) is 0 Å². The Hall–Kier alpha value is -1.17. The van der Waals surface area contributed by atoms with Gasteiger partial charge in [0.25, 0.3) is 0 Å². The number of guanidine groups is 1. The molecular formula is C18H33N5S. The van der Waals surface area contributed by atoms with Crippen molar-refractivity contribution in [1.82, 2.24) is 20.0 Å². The highest BCUT2D eigenvalue weighted by molar-refractivity contribution is 8.00. The van der Waals surface area contributed by atoms with Crippen LogP contribution < -0.4 is 5.32 Å². The molecule has 2 heterocycles. The second-order valence-corrected chi connectivity index (χ2v) is 8.19. The quantitative estimate of drug-likeness (QED) is 0.486. The SMILES string of the molecule is CCNC(=NCCCn1nc(C)cc1C)N1CCSC(C(C)C)C1. The summed E-state index contributed by atoms with van der Waals surface area (Å²) in [6.07, 6.45) is 1.02. The topological polar surface area (TPSA) is 45.5 Å². The van der Waals surface area contributed by atoms with Crippen LogP contribution in [0.4, 0.5) is 0 Å². The molecule has 1 aromatic rings. The van der Waals surface area contributed by atoms with Crippen LogP contribution in [0, 0.1) is 19.8 Å². The minimum atomic E-state index is 0.706. The van der Waals surface area contributed by atoms with Gasteiger partial charge < -0.3 is 10.2 Å². The van der Waals surface area contributed by atoms with E-state index < -0.39 is 0 Å². The maximum absolute atomic E-state index is 4.86. The van der Waals surface area contributed by atoms with Gasteiger partial charge in [-0.3, -0.25) is 9.67 Å². The van der Waals surface area contributed by atoms with Crippen molar-refractivity contribution in [2.24, 2.45) is 10.9 Å². The summed E-state index contributed by atoms with van der Waals surface area (Å²) >= 11 is 2.10. The molecule has 0 bridgehead atoms. The van der Waals surface area contributed by atoms with Crippen molar-refractivity contribution >= 4 is 17.7 Å². The Morgan fingerprint density at radius 2 is 2.25 bits per heavy atom. The van der Waals surface area contributed by atoms with Gasteiger partial charge in [-0.15, -0.1) is 0 Å². The predicted octanol–water partition coefficient (Wildman–Crippen LogP) is 2.93. The van der Waals surface area contributed by atoms with E-state index in [1.807, 2.05) is 6.92 Å². The molecule has 24 heavy (non-hydrogen) atoms. The molecular weight excluding hydrogens is 318 g/mol. The van der Waals surface area contributed by atoms with E-state index in [0.29, 0.717) is 11.2 Å². The molecule has 1 aliphatic rings. The van der Waals surface area contributed by atoms with Crippen molar-refractivity contribution in [1.29, 1.82) is 0 Å². The third kappa shape index (κ3) is 5.43. The number of nitrogens with one attached hydrogen (secondary N) is 1. The first-order valence-electron chi connectivity index (χ1n) is 9.17. The number of nitrogens with zero attached hydrogens (tertiary/aromatic N) is 4. The number of hydrogen-bond donors (Lipinski definition) is 1. The maximum Gasteiger partial charge on any atom is 0.193 e. The second kappa shape index (κ2) is 9.35. The van der Waals surface area contributed by atoms with Crippen LogP contribution in [0.5, 0.6) is 0 Å². The summed E-state index contributed by atoms with van der Waals surface area (Å²) in [6.45, 7) is 15.8. The minimum Gasteiger partial charge on any atom is -0.357 e. The Labute approximate surface area is 151 Å². The lowest BCUT2D eigenvalue weighted by Gasteiger charge is -2.36. The van der Waals surface area contributed by atoms with Crippen molar-refractivity contribution in [3.05, 3.63) is 17.5 Å². The molecule has 2 rings (SSSR count). The van der Waals surface area contributed by atoms with Gasteiger partial charge in [0, 0.05) is 49.4 Å². The molecule has 1 saturated heterocycles. The van der Waals surface area contributed by atoms with Crippen molar-refractivity contribution in [3.8, 4) is 0 Å². The molecule has 1 atom stereocenters. The lowest BCUT2D eigenvalue weighted by atomic mass is 10.1. The van der Waals surface area contributed by atoms with Crippen molar-refractivity contribution < 1.29 is 0 Å². The molecule has 0 saturated carbocycles. The van der Waals surface area contributed by atoms with Gasteiger partial charge in [-0.1, -0.05) is 13.8 Å². The van der Waals surface area contributed by atoms with Crippen LogP contribution in [0.1, 0.15) is 38.6 Å². The monoisotopic (exact) mass is 351 g/mol. The van der Waals surface area contributed by atoms with Crippen molar-refractivity contribution in [3.63, 3.8) is 0 Å². The zero-order valence-electron chi connectivity index (χ0n) is 15.9. The number of hydrogen-bond acceptors (Lipinski definition) is 3. The first-order valence-corrected chi connectivity index (χ1v) is 10.2. The standard InChI is InChI=1S/C18H33N5S/c1-6-19-18(22-10-11-24-17(13-22)14(2)3)20-8-7-9-23-16(5)12-15(4)21-23/h12,14,17H,6-11,13H2,1-5H3,(H,19,20). The highest BCUT2D eigenvalue weighted by Gasteiger charge is 2.24. The Morgan fingerprint density at radius 1 is 1.46 bits per heavy atom. The number of aliphatic imine (C=N–C) groups is 1. The molecule has 0 radical (unpaired) electrons. The molecule has 0 spiro atoms. The molecule has 1 unspecified atom stereocenters. The van der Waals surface area contributed by atoms with E-state index in [0.717, 1.165) is 50.8 Å². The van der Waals surface area contributed by atoms with E-state index in [9.17, 15) is 0 Å². The van der Waals surface area contributed by atoms with Crippen LogP contribution in [-0.4, -0.2) is 57.8 Å². The van der Waals surface area contributed by atoms with Gasteiger partial charge in [0.05, 0.1) is 5.69 Å². The van der Waals surface area contributed by atoms with E-state index in [1.54, 1.807) is 0 Å². The molecule has 5 nitrogen and oxygen atoms in total. The normalized spacial score (nSPS) is 19.2. The van der Waals surface area contributed by atoms with Crippen LogP contribution in [0.25, 0.3) is 0 Å². The van der Waals surface area contributed by atoms with Gasteiger partial charge in [0.1, 0.15) is 0 Å². The van der Waals surface area contributed by atoms with Crippen LogP contribution in [0.15, 0.2) is 11.1 Å². The van der Waals surface area contributed by atoms with Crippen LogP contribution in [-0.2, 0) is 6.54 Å². The lowest BCUT2D eigenvalue weighted by molar-refractivity contribution is 0.380. The summed E-state index contributed by atoms with van der Waals surface area (Å²) in [5, 5.41) is 8.70. The van der Waals surface area contributed by atoms with E-state index >= 15 is 0 Å². The van der Waals surface area contributed by atoms with Crippen molar-refractivity contribution in [2.45, 2.75) is 52.8 Å². The first-order chi connectivity index (χ1) is 11.5. The summed E-state index contributed by atoms with van der Waals surface area (Å²) in [5.41, 5.74) is 2.33. The summed E-state index contributed by atoms with van der Waals surface area (Å²) < 4.78 is 2.09. The molecule has 1 aliphatic heterocycles. The van der Waals surface area contributed by atoms with Gasteiger partial charge >= 0.3 is 0 Å². The van der Waals surface area contributed by atoms with E-state index in [4.69, 9.17) is 4.99 Å². The van der Waals surface area contributed by atoms with Crippen molar-refractivity contribution in [2.75, 3.05) is 31.9 Å². The van der Waals surface area contributed by atoms with Gasteiger partial charge in [-0.2, -0.15) is 16.9 Å². The fraction of sp³-hybridized carbons (Fsp3) is 0.778. The zero-order chi connectivity index (χ0) is 17.5. The smallest absolute Gasteiger partial charge is 0.193 e. The van der Waals surface area contributed by atoms with E-state index in [1.165, 1.54) is 11.4 Å². The number of rotatable bonds is 6. The Kier molecular flexibility index (Phi) is 7.46. The third-order valence-electron chi connectivity index (χ3n) is 4.36. The predicted molar refractivity (Wildman–Crippen MR) is 105 cm³/mol. The summed E-state index contributed by atoms with van der Waals surface area (Å²) in [4.78, 5) is 7.30. The summed E-state index contributed by atoms with van der Waals surface area (Å²) in [7, 11) is 0. The highest BCUT2D eigenvalue weighted by Crippen LogP contribution is 2.24. The third-order valence-corrected chi connectivity index (χ3v) is 5.90. The lowest BCUT2D eigenvalue weighted by Crippen LogP contribution is -2.49. The molecule has 1 N–H and O–H groups in total. The summed E-state index contributed by atoms with van der Waals surface area (Å²) in [5.74, 6) is 2.99. The molecule has 1 fully saturated rings.